The van der Waals surface area contributed by atoms with E-state index in [2.05, 4.69) is 41.5 Å². The van der Waals surface area contributed by atoms with Crippen molar-refractivity contribution in [2.45, 2.75) is 19.8 Å². The highest BCUT2D eigenvalue weighted by atomic mass is 16.5. The number of rotatable bonds is 6. The number of nitrogen functional groups attached to an aromatic ring is 1. The zero-order valence-corrected chi connectivity index (χ0v) is 12.0. The van der Waals surface area contributed by atoms with Crippen LogP contribution in [0.15, 0.2) is 42.5 Å². The van der Waals surface area contributed by atoms with E-state index in [-0.39, 0.29) is 0 Å². The van der Waals surface area contributed by atoms with Gasteiger partial charge in [0.1, 0.15) is 5.82 Å². The van der Waals surface area contributed by atoms with Crippen LogP contribution in [-0.4, -0.2) is 18.1 Å². The highest BCUT2D eigenvalue weighted by Gasteiger charge is 2.07. The van der Waals surface area contributed by atoms with E-state index in [1.807, 2.05) is 25.1 Å². The standard InChI is InChI=1S/C16H21N3O/c1-3-20-16-14(17)9-10-15(19-16)18-11-12(2)13-7-5-4-6-8-13/h4-10,12H,3,11,17H2,1-2H3,(H,18,19). The number of benzene rings is 1. The van der Waals surface area contributed by atoms with E-state index in [0.717, 1.165) is 12.4 Å². The van der Waals surface area contributed by atoms with Crippen molar-refractivity contribution in [3.05, 3.63) is 48.0 Å². The fraction of sp³-hybridized carbons (Fsp3) is 0.312. The van der Waals surface area contributed by atoms with Crippen LogP contribution < -0.4 is 15.8 Å². The molecule has 0 saturated carbocycles. The number of hydrogen-bond donors (Lipinski definition) is 2. The molecule has 1 unspecified atom stereocenters. The molecule has 1 aromatic carbocycles. The van der Waals surface area contributed by atoms with Crippen molar-refractivity contribution in [3.63, 3.8) is 0 Å². The van der Waals surface area contributed by atoms with E-state index in [1.165, 1.54) is 5.56 Å². The summed E-state index contributed by atoms with van der Waals surface area (Å²) in [6, 6.07) is 14.1. The molecule has 0 radical (unpaired) electrons. The topological polar surface area (TPSA) is 60.2 Å². The summed E-state index contributed by atoms with van der Waals surface area (Å²) in [5, 5.41) is 3.32. The van der Waals surface area contributed by atoms with Crippen molar-refractivity contribution in [2.24, 2.45) is 0 Å². The first kappa shape index (κ1) is 14.2. The summed E-state index contributed by atoms with van der Waals surface area (Å²) in [5.41, 5.74) is 7.68. The first-order valence-corrected chi connectivity index (χ1v) is 6.88. The van der Waals surface area contributed by atoms with Gasteiger partial charge in [0.05, 0.1) is 12.3 Å². The van der Waals surface area contributed by atoms with Crippen LogP contribution in [0.4, 0.5) is 11.5 Å². The summed E-state index contributed by atoms with van der Waals surface area (Å²) in [6.45, 7) is 5.47. The average molecular weight is 271 g/mol. The van der Waals surface area contributed by atoms with Crippen molar-refractivity contribution in [3.8, 4) is 5.88 Å². The lowest BCUT2D eigenvalue weighted by molar-refractivity contribution is 0.329. The third-order valence-electron chi connectivity index (χ3n) is 3.13. The average Bonchev–Trinajstić information content (AvgIpc) is 2.49. The molecule has 0 aliphatic heterocycles. The smallest absolute Gasteiger partial charge is 0.239 e. The number of nitrogens with two attached hydrogens (primary N) is 1. The molecule has 0 saturated heterocycles. The molecule has 3 N–H and O–H groups in total. The molecule has 0 aliphatic carbocycles. The van der Waals surface area contributed by atoms with Crippen LogP contribution in [0.3, 0.4) is 0 Å². The molecule has 0 spiro atoms. The number of hydrogen-bond acceptors (Lipinski definition) is 4. The van der Waals surface area contributed by atoms with Crippen molar-refractivity contribution in [1.82, 2.24) is 4.98 Å². The molecular formula is C16H21N3O. The fourth-order valence-electron chi connectivity index (χ4n) is 1.96. The molecule has 0 bridgehead atoms. The Kier molecular flexibility index (Phi) is 4.82. The Balaban J connectivity index is 1.98. The number of aromatic nitrogens is 1. The maximum Gasteiger partial charge on any atom is 0.239 e. The maximum atomic E-state index is 5.81. The Labute approximate surface area is 120 Å². The minimum absolute atomic E-state index is 0.408. The Hall–Kier alpha value is -2.23. The van der Waals surface area contributed by atoms with Crippen molar-refractivity contribution in [2.75, 3.05) is 24.2 Å². The first-order valence-electron chi connectivity index (χ1n) is 6.88. The molecule has 20 heavy (non-hydrogen) atoms. The SMILES string of the molecule is CCOc1nc(NCC(C)c2ccccc2)ccc1N. The lowest BCUT2D eigenvalue weighted by Crippen LogP contribution is -2.11. The lowest BCUT2D eigenvalue weighted by atomic mass is 10.0. The van der Waals surface area contributed by atoms with Gasteiger partial charge in [-0.2, -0.15) is 4.98 Å². The van der Waals surface area contributed by atoms with Gasteiger partial charge in [0, 0.05) is 6.54 Å². The predicted molar refractivity (Wildman–Crippen MR) is 83.2 cm³/mol. The van der Waals surface area contributed by atoms with Crippen LogP contribution in [0.2, 0.25) is 0 Å². The minimum atomic E-state index is 0.408. The Bertz CT molecular complexity index is 543. The molecule has 0 amide bonds. The zero-order chi connectivity index (χ0) is 14.4. The normalized spacial score (nSPS) is 11.9. The van der Waals surface area contributed by atoms with Gasteiger partial charge in [-0.1, -0.05) is 37.3 Å². The van der Waals surface area contributed by atoms with Gasteiger partial charge in [-0.25, -0.2) is 0 Å². The van der Waals surface area contributed by atoms with Gasteiger partial charge in [0.15, 0.2) is 0 Å². The number of pyridine rings is 1. The molecule has 1 atom stereocenters. The molecule has 4 heteroatoms. The molecule has 0 fully saturated rings. The third-order valence-corrected chi connectivity index (χ3v) is 3.13. The number of nitrogens with zero attached hydrogens (tertiary/aromatic N) is 1. The van der Waals surface area contributed by atoms with Gasteiger partial charge in [-0.05, 0) is 30.5 Å². The van der Waals surface area contributed by atoms with Crippen LogP contribution in [0.5, 0.6) is 5.88 Å². The van der Waals surface area contributed by atoms with Crippen LogP contribution in [0.1, 0.15) is 25.3 Å². The van der Waals surface area contributed by atoms with Gasteiger partial charge >= 0.3 is 0 Å². The molecule has 2 aromatic rings. The van der Waals surface area contributed by atoms with E-state index in [4.69, 9.17) is 10.5 Å². The Morgan fingerprint density at radius 1 is 1.20 bits per heavy atom. The van der Waals surface area contributed by atoms with Crippen LogP contribution in [0.25, 0.3) is 0 Å². The van der Waals surface area contributed by atoms with Gasteiger partial charge in [0.2, 0.25) is 5.88 Å². The van der Waals surface area contributed by atoms with Crippen molar-refractivity contribution in [1.29, 1.82) is 0 Å². The number of ether oxygens (including phenoxy) is 1. The fourth-order valence-corrected chi connectivity index (χ4v) is 1.96. The molecule has 0 aliphatic rings. The Morgan fingerprint density at radius 3 is 2.65 bits per heavy atom. The minimum Gasteiger partial charge on any atom is -0.476 e. The first-order chi connectivity index (χ1) is 9.70. The van der Waals surface area contributed by atoms with E-state index in [1.54, 1.807) is 0 Å². The molecular weight excluding hydrogens is 250 g/mol. The maximum absolute atomic E-state index is 5.81. The van der Waals surface area contributed by atoms with E-state index in [9.17, 15) is 0 Å². The van der Waals surface area contributed by atoms with Crippen LogP contribution in [-0.2, 0) is 0 Å². The summed E-state index contributed by atoms with van der Waals surface area (Å²) in [4.78, 5) is 4.37. The highest BCUT2D eigenvalue weighted by Crippen LogP contribution is 2.22. The summed E-state index contributed by atoms with van der Waals surface area (Å²) in [5.74, 6) is 1.68. The van der Waals surface area contributed by atoms with E-state index in [0.29, 0.717) is 24.1 Å². The van der Waals surface area contributed by atoms with E-state index < -0.39 is 0 Å². The van der Waals surface area contributed by atoms with Crippen LogP contribution in [0, 0.1) is 0 Å². The molecule has 2 rings (SSSR count). The second-order valence-electron chi connectivity index (χ2n) is 4.72. The van der Waals surface area contributed by atoms with Gasteiger partial charge in [0.25, 0.3) is 0 Å². The van der Waals surface area contributed by atoms with E-state index >= 15 is 0 Å². The highest BCUT2D eigenvalue weighted by molar-refractivity contribution is 5.53. The van der Waals surface area contributed by atoms with Crippen LogP contribution >= 0.6 is 0 Å². The van der Waals surface area contributed by atoms with Gasteiger partial charge < -0.3 is 15.8 Å². The largest absolute Gasteiger partial charge is 0.476 e. The molecule has 106 valence electrons. The predicted octanol–water partition coefficient (Wildman–Crippen LogP) is 3.28. The van der Waals surface area contributed by atoms with Crippen molar-refractivity contribution < 1.29 is 4.74 Å². The third kappa shape index (κ3) is 3.63. The van der Waals surface area contributed by atoms with Crippen molar-refractivity contribution >= 4 is 11.5 Å². The summed E-state index contributed by atoms with van der Waals surface area (Å²) in [7, 11) is 0. The quantitative estimate of drug-likeness (QED) is 0.846. The lowest BCUT2D eigenvalue weighted by Gasteiger charge is -2.14. The number of nitrogens with one attached hydrogen (secondary N) is 1. The van der Waals surface area contributed by atoms with Gasteiger partial charge in [-0.15, -0.1) is 0 Å². The molecule has 1 aromatic heterocycles. The molecule has 1 heterocycles. The summed E-state index contributed by atoms with van der Waals surface area (Å²) >= 11 is 0. The molecule has 4 nitrogen and oxygen atoms in total. The monoisotopic (exact) mass is 271 g/mol. The number of anilines is 2. The Morgan fingerprint density at radius 2 is 1.95 bits per heavy atom. The zero-order valence-electron chi connectivity index (χ0n) is 12.0. The van der Waals surface area contributed by atoms with Gasteiger partial charge in [-0.3, -0.25) is 0 Å². The summed E-state index contributed by atoms with van der Waals surface area (Å²) < 4.78 is 5.39. The second-order valence-corrected chi connectivity index (χ2v) is 4.72. The summed E-state index contributed by atoms with van der Waals surface area (Å²) in [6.07, 6.45) is 0. The second kappa shape index (κ2) is 6.80.